The Morgan fingerprint density at radius 2 is 1.96 bits per heavy atom. The molecule has 3 rings (SSSR count). The predicted molar refractivity (Wildman–Crippen MR) is 94.6 cm³/mol. The fourth-order valence-corrected chi connectivity index (χ4v) is 2.90. The van der Waals surface area contributed by atoms with Crippen LogP contribution in [0.2, 0.25) is 0 Å². The van der Waals surface area contributed by atoms with E-state index in [1.54, 1.807) is 24.1 Å². The normalized spacial score (nSPS) is 14.1. The molecule has 0 aromatic carbocycles. The number of nitrogens with zero attached hydrogens (tertiary/aromatic N) is 6. The van der Waals surface area contributed by atoms with E-state index >= 15 is 0 Å². The van der Waals surface area contributed by atoms with Crippen molar-refractivity contribution in [3.8, 4) is 0 Å². The van der Waals surface area contributed by atoms with Gasteiger partial charge in [-0.15, -0.1) is 0 Å². The first kappa shape index (κ1) is 17.2. The zero-order chi connectivity index (χ0) is 18.1. The van der Waals surface area contributed by atoms with Crippen molar-refractivity contribution in [3.63, 3.8) is 0 Å². The average Bonchev–Trinajstić information content (AvgIpc) is 3.27. The van der Waals surface area contributed by atoms with Crippen LogP contribution in [-0.2, 0) is 20.6 Å². The summed E-state index contributed by atoms with van der Waals surface area (Å²) in [6.07, 6.45) is 5.31. The second-order valence-electron chi connectivity index (χ2n) is 6.29. The maximum absolute atomic E-state index is 12.4. The Bertz CT molecular complexity index is 980. The highest BCUT2D eigenvalue weighted by atomic mass is 16.2. The van der Waals surface area contributed by atoms with Gasteiger partial charge in [0.2, 0.25) is 0 Å². The summed E-state index contributed by atoms with van der Waals surface area (Å²) < 4.78 is 6.20. The molecule has 0 aliphatic heterocycles. The van der Waals surface area contributed by atoms with E-state index in [2.05, 4.69) is 29.2 Å². The van der Waals surface area contributed by atoms with E-state index in [0.717, 1.165) is 4.57 Å². The van der Waals surface area contributed by atoms with Crippen molar-refractivity contribution in [2.45, 2.75) is 32.5 Å². The molecule has 25 heavy (non-hydrogen) atoms. The molecule has 0 saturated heterocycles. The minimum atomic E-state index is -0.373. The van der Waals surface area contributed by atoms with Gasteiger partial charge in [0.1, 0.15) is 0 Å². The maximum Gasteiger partial charge on any atom is 0.332 e. The standard InChI is InChI=1S/C16H23N7O2/c1-11(12(2)23-8-5-6-19-23)17-7-9-22-10-18-14-13(22)15(24)21(4)16(25)20(14)3/h5-6,8,10-12,17H,7,9H2,1-4H3. The van der Waals surface area contributed by atoms with E-state index in [1.165, 1.54) is 11.6 Å². The number of hydrogen-bond donors (Lipinski definition) is 1. The van der Waals surface area contributed by atoms with Gasteiger partial charge < -0.3 is 9.88 Å². The van der Waals surface area contributed by atoms with Crippen LogP contribution in [0.15, 0.2) is 34.4 Å². The van der Waals surface area contributed by atoms with Crippen LogP contribution in [0.5, 0.6) is 0 Å². The van der Waals surface area contributed by atoms with E-state index in [1.807, 2.05) is 16.9 Å². The highest BCUT2D eigenvalue weighted by Crippen LogP contribution is 2.09. The van der Waals surface area contributed by atoms with Crippen LogP contribution < -0.4 is 16.6 Å². The fraction of sp³-hybridized carbons (Fsp3) is 0.500. The predicted octanol–water partition coefficient (Wildman–Crippen LogP) is -0.130. The third-order valence-corrected chi connectivity index (χ3v) is 4.70. The molecule has 1 N–H and O–H groups in total. The zero-order valence-electron chi connectivity index (χ0n) is 14.9. The molecule has 0 fully saturated rings. The minimum Gasteiger partial charge on any atom is -0.323 e. The summed E-state index contributed by atoms with van der Waals surface area (Å²) in [5.41, 5.74) is 0.154. The molecule has 0 aliphatic carbocycles. The lowest BCUT2D eigenvalue weighted by Gasteiger charge is -2.22. The molecule has 0 bridgehead atoms. The Labute approximate surface area is 144 Å². The molecule has 134 valence electrons. The van der Waals surface area contributed by atoms with Crippen LogP contribution in [-0.4, -0.2) is 41.1 Å². The van der Waals surface area contributed by atoms with Gasteiger partial charge in [0.25, 0.3) is 5.56 Å². The van der Waals surface area contributed by atoms with Crippen molar-refractivity contribution >= 4 is 11.2 Å². The van der Waals surface area contributed by atoms with Gasteiger partial charge in [0.15, 0.2) is 11.2 Å². The fourth-order valence-electron chi connectivity index (χ4n) is 2.90. The molecule has 3 aromatic rings. The van der Waals surface area contributed by atoms with Crippen molar-refractivity contribution < 1.29 is 0 Å². The van der Waals surface area contributed by atoms with Gasteiger partial charge in [-0.3, -0.25) is 18.6 Å². The minimum absolute atomic E-state index is 0.210. The number of fused-ring (bicyclic) bond motifs is 1. The second-order valence-corrected chi connectivity index (χ2v) is 6.29. The lowest BCUT2D eigenvalue weighted by Crippen LogP contribution is -2.38. The summed E-state index contributed by atoms with van der Waals surface area (Å²) in [5.74, 6) is 0. The molecule has 0 aliphatic rings. The molecule has 0 amide bonds. The van der Waals surface area contributed by atoms with Crippen LogP contribution in [0.3, 0.4) is 0 Å². The summed E-state index contributed by atoms with van der Waals surface area (Å²) in [6, 6.07) is 2.33. The van der Waals surface area contributed by atoms with Gasteiger partial charge in [-0.05, 0) is 19.9 Å². The Morgan fingerprint density at radius 1 is 1.20 bits per heavy atom. The second kappa shape index (κ2) is 6.67. The third kappa shape index (κ3) is 3.02. The van der Waals surface area contributed by atoms with E-state index < -0.39 is 0 Å². The smallest absolute Gasteiger partial charge is 0.323 e. The molecule has 3 heterocycles. The molecule has 0 spiro atoms. The van der Waals surface area contributed by atoms with E-state index in [9.17, 15) is 9.59 Å². The molecule has 0 radical (unpaired) electrons. The summed E-state index contributed by atoms with van der Waals surface area (Å²) in [6.45, 7) is 5.45. The van der Waals surface area contributed by atoms with Crippen molar-refractivity contribution in [2.75, 3.05) is 6.54 Å². The van der Waals surface area contributed by atoms with Gasteiger partial charge in [0, 0.05) is 45.6 Å². The molecule has 3 aromatic heterocycles. The summed E-state index contributed by atoms with van der Waals surface area (Å²) >= 11 is 0. The van der Waals surface area contributed by atoms with E-state index in [0.29, 0.717) is 24.3 Å². The lowest BCUT2D eigenvalue weighted by atomic mass is 10.2. The maximum atomic E-state index is 12.4. The monoisotopic (exact) mass is 345 g/mol. The topological polar surface area (TPSA) is 91.7 Å². The van der Waals surface area contributed by atoms with Gasteiger partial charge in [0.05, 0.1) is 12.4 Å². The largest absolute Gasteiger partial charge is 0.332 e. The number of nitrogens with one attached hydrogen (secondary N) is 1. The zero-order valence-corrected chi connectivity index (χ0v) is 14.9. The van der Waals surface area contributed by atoms with Gasteiger partial charge in [-0.25, -0.2) is 9.78 Å². The number of hydrogen-bond acceptors (Lipinski definition) is 5. The lowest BCUT2D eigenvalue weighted by molar-refractivity contribution is 0.362. The van der Waals surface area contributed by atoms with Crippen molar-refractivity contribution in [2.24, 2.45) is 14.1 Å². The van der Waals surface area contributed by atoms with Crippen LogP contribution in [0.25, 0.3) is 11.2 Å². The Balaban J connectivity index is 1.74. The molecular weight excluding hydrogens is 322 g/mol. The highest BCUT2D eigenvalue weighted by Gasteiger charge is 2.16. The molecular formula is C16H23N7O2. The van der Waals surface area contributed by atoms with Crippen molar-refractivity contribution in [3.05, 3.63) is 45.6 Å². The average molecular weight is 345 g/mol. The molecule has 9 heteroatoms. The summed E-state index contributed by atoms with van der Waals surface area (Å²) in [7, 11) is 3.10. The third-order valence-electron chi connectivity index (χ3n) is 4.70. The van der Waals surface area contributed by atoms with Gasteiger partial charge >= 0.3 is 5.69 Å². The Hall–Kier alpha value is -2.68. The number of rotatable bonds is 6. The molecule has 2 unspecified atom stereocenters. The number of imidazole rings is 1. The van der Waals surface area contributed by atoms with Crippen LogP contribution in [0.4, 0.5) is 0 Å². The molecule has 2 atom stereocenters. The van der Waals surface area contributed by atoms with Gasteiger partial charge in [-0.1, -0.05) is 0 Å². The SMILES string of the molecule is CC(NCCn1cnc2c1c(=O)n(C)c(=O)n2C)C(C)n1cccn1. The van der Waals surface area contributed by atoms with Crippen LogP contribution in [0, 0.1) is 0 Å². The van der Waals surface area contributed by atoms with E-state index in [4.69, 9.17) is 0 Å². The first-order valence-corrected chi connectivity index (χ1v) is 8.25. The van der Waals surface area contributed by atoms with Gasteiger partial charge in [-0.2, -0.15) is 5.10 Å². The first-order valence-electron chi connectivity index (χ1n) is 8.25. The summed E-state index contributed by atoms with van der Waals surface area (Å²) in [4.78, 5) is 28.6. The summed E-state index contributed by atoms with van der Waals surface area (Å²) in [5, 5.41) is 7.71. The van der Waals surface area contributed by atoms with E-state index in [-0.39, 0.29) is 23.3 Å². The van der Waals surface area contributed by atoms with Crippen LogP contribution in [0.1, 0.15) is 19.9 Å². The number of aryl methyl sites for hydroxylation is 1. The Morgan fingerprint density at radius 3 is 2.64 bits per heavy atom. The van der Waals surface area contributed by atoms with Crippen LogP contribution >= 0.6 is 0 Å². The quantitative estimate of drug-likeness (QED) is 0.672. The molecule has 0 saturated carbocycles. The first-order chi connectivity index (χ1) is 11.9. The Kier molecular flexibility index (Phi) is 4.58. The number of aromatic nitrogens is 6. The van der Waals surface area contributed by atoms with Crippen molar-refractivity contribution in [1.82, 2.24) is 33.8 Å². The molecule has 9 nitrogen and oxygen atoms in total. The highest BCUT2D eigenvalue weighted by molar-refractivity contribution is 5.69. The van der Waals surface area contributed by atoms with Crippen molar-refractivity contribution in [1.29, 1.82) is 0 Å².